The van der Waals surface area contributed by atoms with Crippen molar-refractivity contribution in [3.05, 3.63) is 52.2 Å². The molecular weight excluding hydrogens is 382 g/mol. The normalized spacial score (nSPS) is 16.4. The number of likely N-dealkylation sites (tertiary alicyclic amines) is 1. The van der Waals surface area contributed by atoms with E-state index in [4.69, 9.17) is 0 Å². The summed E-state index contributed by atoms with van der Waals surface area (Å²) in [6, 6.07) is 11.3. The highest BCUT2D eigenvalue weighted by atomic mass is 32.1. The van der Waals surface area contributed by atoms with Gasteiger partial charge in [0.05, 0.1) is 6.04 Å². The molecule has 1 aromatic carbocycles. The van der Waals surface area contributed by atoms with Crippen molar-refractivity contribution < 1.29 is 13.5 Å². The first-order valence-corrected chi connectivity index (χ1v) is 10.3. The maximum absolute atomic E-state index is 12.6. The van der Waals surface area contributed by atoms with Crippen molar-refractivity contribution in [2.24, 2.45) is 4.99 Å². The van der Waals surface area contributed by atoms with Gasteiger partial charge in [-0.05, 0) is 43.4 Å². The van der Waals surface area contributed by atoms with Gasteiger partial charge in [0.1, 0.15) is 5.75 Å². The topological polar surface area (TPSA) is 48.9 Å². The van der Waals surface area contributed by atoms with Crippen LogP contribution in [0.3, 0.4) is 0 Å². The zero-order valence-corrected chi connectivity index (χ0v) is 16.7. The number of aliphatic imine (C=N–C) groups is 1. The Hall–Kier alpha value is -2.19. The molecule has 2 heterocycles. The van der Waals surface area contributed by atoms with Gasteiger partial charge in [0.15, 0.2) is 5.96 Å². The summed E-state index contributed by atoms with van der Waals surface area (Å²) in [5, 5.41) is 8.67. The van der Waals surface area contributed by atoms with Crippen LogP contribution in [-0.2, 0) is 6.54 Å². The van der Waals surface area contributed by atoms with Gasteiger partial charge in [-0.25, -0.2) is 0 Å². The summed E-state index contributed by atoms with van der Waals surface area (Å²) in [5.74, 6) is 0.807. The Morgan fingerprint density at radius 2 is 1.96 bits per heavy atom. The van der Waals surface area contributed by atoms with E-state index >= 15 is 0 Å². The van der Waals surface area contributed by atoms with E-state index in [2.05, 4.69) is 42.8 Å². The van der Waals surface area contributed by atoms with Crippen molar-refractivity contribution in [1.82, 2.24) is 15.5 Å². The molecule has 8 heteroatoms. The molecule has 1 aromatic heterocycles. The predicted molar refractivity (Wildman–Crippen MR) is 109 cm³/mol. The van der Waals surface area contributed by atoms with Gasteiger partial charge in [0.25, 0.3) is 0 Å². The average molecular weight is 409 g/mol. The fraction of sp³-hybridized carbons (Fsp3) is 0.450. The van der Waals surface area contributed by atoms with E-state index in [9.17, 15) is 8.78 Å². The van der Waals surface area contributed by atoms with Crippen LogP contribution < -0.4 is 15.4 Å². The first-order valence-electron chi connectivity index (χ1n) is 9.42. The van der Waals surface area contributed by atoms with Crippen LogP contribution in [0.15, 0.2) is 46.8 Å². The van der Waals surface area contributed by atoms with Crippen molar-refractivity contribution in [1.29, 1.82) is 0 Å². The second-order valence-corrected chi connectivity index (χ2v) is 7.55. The molecule has 28 heavy (non-hydrogen) atoms. The maximum Gasteiger partial charge on any atom is 0.387 e. The van der Waals surface area contributed by atoms with Crippen LogP contribution in [0.25, 0.3) is 0 Å². The fourth-order valence-electron chi connectivity index (χ4n) is 3.40. The van der Waals surface area contributed by atoms with Gasteiger partial charge in [-0.1, -0.05) is 24.3 Å². The van der Waals surface area contributed by atoms with Crippen molar-refractivity contribution in [3.8, 4) is 5.75 Å². The van der Waals surface area contributed by atoms with Crippen molar-refractivity contribution >= 4 is 17.3 Å². The fourth-order valence-corrected chi connectivity index (χ4v) is 4.26. The standard InChI is InChI=1S/C20H26F2N4OS/c1-23-20(24-13-15-7-2-3-8-17(15)27-19(21)22)25-14-16(18-9-6-12-28-18)26-10-4-5-11-26/h2-3,6-9,12,16,19H,4-5,10-11,13-14H2,1H3,(H2,23,24,25). The third-order valence-corrected chi connectivity index (χ3v) is 5.75. The van der Waals surface area contributed by atoms with E-state index in [1.54, 1.807) is 42.6 Å². The highest BCUT2D eigenvalue weighted by Gasteiger charge is 2.24. The first kappa shape index (κ1) is 20.5. The second-order valence-electron chi connectivity index (χ2n) is 6.57. The van der Waals surface area contributed by atoms with Gasteiger partial charge in [0.2, 0.25) is 0 Å². The van der Waals surface area contributed by atoms with Gasteiger partial charge in [0, 0.05) is 30.6 Å². The van der Waals surface area contributed by atoms with Gasteiger partial charge in [-0.3, -0.25) is 9.89 Å². The molecule has 1 unspecified atom stereocenters. The van der Waals surface area contributed by atoms with Gasteiger partial charge < -0.3 is 15.4 Å². The number of para-hydroxylation sites is 1. The highest BCUT2D eigenvalue weighted by Crippen LogP contribution is 2.27. The third kappa shape index (κ3) is 5.65. The Morgan fingerprint density at radius 3 is 2.64 bits per heavy atom. The molecule has 1 fully saturated rings. The predicted octanol–water partition coefficient (Wildman–Crippen LogP) is 3.85. The van der Waals surface area contributed by atoms with E-state index in [1.165, 1.54) is 17.7 Å². The Balaban J connectivity index is 1.58. The quantitative estimate of drug-likeness (QED) is 0.515. The Morgan fingerprint density at radius 1 is 1.18 bits per heavy atom. The number of nitrogens with zero attached hydrogens (tertiary/aromatic N) is 2. The Kier molecular flexibility index (Phi) is 7.62. The van der Waals surface area contributed by atoms with Crippen LogP contribution >= 0.6 is 11.3 Å². The van der Waals surface area contributed by atoms with Crippen LogP contribution in [-0.4, -0.2) is 44.2 Å². The molecule has 2 N–H and O–H groups in total. The number of halogens is 2. The van der Waals surface area contributed by atoms with Crippen LogP contribution in [0.4, 0.5) is 8.78 Å². The number of guanidine groups is 1. The minimum Gasteiger partial charge on any atom is -0.434 e. The number of benzene rings is 1. The van der Waals surface area contributed by atoms with E-state index < -0.39 is 6.61 Å². The van der Waals surface area contributed by atoms with Gasteiger partial charge in [-0.15, -0.1) is 11.3 Å². The first-order chi connectivity index (χ1) is 13.7. The summed E-state index contributed by atoms with van der Waals surface area (Å²) < 4.78 is 29.7. The summed E-state index contributed by atoms with van der Waals surface area (Å²) in [4.78, 5) is 8.10. The van der Waals surface area contributed by atoms with Crippen LogP contribution in [0, 0.1) is 0 Å². The molecule has 0 radical (unpaired) electrons. The average Bonchev–Trinajstić information content (AvgIpc) is 3.40. The molecule has 5 nitrogen and oxygen atoms in total. The number of nitrogens with one attached hydrogen (secondary N) is 2. The number of hydrogen-bond donors (Lipinski definition) is 2. The number of alkyl halides is 2. The Bertz CT molecular complexity index is 748. The van der Waals surface area contributed by atoms with E-state index in [-0.39, 0.29) is 5.75 Å². The summed E-state index contributed by atoms with van der Waals surface area (Å²) >= 11 is 1.77. The molecule has 1 aliphatic rings. The summed E-state index contributed by atoms with van der Waals surface area (Å²) in [6.45, 7) is 0.444. The molecule has 0 aliphatic carbocycles. The van der Waals surface area contributed by atoms with Crippen LogP contribution in [0.2, 0.25) is 0 Å². The molecule has 1 atom stereocenters. The van der Waals surface area contributed by atoms with E-state index in [0.717, 1.165) is 19.6 Å². The molecule has 0 bridgehead atoms. The molecule has 0 spiro atoms. The van der Waals surface area contributed by atoms with Crippen molar-refractivity contribution in [3.63, 3.8) is 0 Å². The zero-order chi connectivity index (χ0) is 19.8. The van der Waals surface area contributed by atoms with Crippen LogP contribution in [0.5, 0.6) is 5.75 Å². The zero-order valence-electron chi connectivity index (χ0n) is 15.9. The summed E-state index contributed by atoms with van der Waals surface area (Å²) in [5.41, 5.74) is 0.653. The van der Waals surface area contributed by atoms with Crippen molar-refractivity contribution in [2.45, 2.75) is 32.0 Å². The van der Waals surface area contributed by atoms with E-state index in [0.29, 0.717) is 24.1 Å². The monoisotopic (exact) mass is 408 g/mol. The molecule has 3 rings (SSSR count). The van der Waals surface area contributed by atoms with Crippen molar-refractivity contribution in [2.75, 3.05) is 26.7 Å². The molecule has 152 valence electrons. The molecular formula is C20H26F2N4OS. The SMILES string of the molecule is CN=C(NCc1ccccc1OC(F)F)NCC(c1cccs1)N1CCCC1. The Labute approximate surface area is 168 Å². The lowest BCUT2D eigenvalue weighted by molar-refractivity contribution is -0.0504. The molecule has 1 aliphatic heterocycles. The number of ether oxygens (including phenoxy) is 1. The molecule has 2 aromatic rings. The molecule has 0 saturated carbocycles. The third-order valence-electron chi connectivity index (χ3n) is 4.77. The lowest BCUT2D eigenvalue weighted by atomic mass is 10.2. The molecule has 0 amide bonds. The number of hydrogen-bond acceptors (Lipinski definition) is 4. The minimum absolute atomic E-state index is 0.175. The smallest absolute Gasteiger partial charge is 0.387 e. The lowest BCUT2D eigenvalue weighted by Gasteiger charge is -2.27. The maximum atomic E-state index is 12.6. The number of thiophene rings is 1. The number of rotatable bonds is 8. The highest BCUT2D eigenvalue weighted by molar-refractivity contribution is 7.10. The van der Waals surface area contributed by atoms with E-state index in [1.807, 2.05) is 0 Å². The van der Waals surface area contributed by atoms with Crippen LogP contribution in [0.1, 0.15) is 29.3 Å². The molecule has 1 saturated heterocycles. The van der Waals surface area contributed by atoms with Gasteiger partial charge >= 0.3 is 6.61 Å². The largest absolute Gasteiger partial charge is 0.434 e. The van der Waals surface area contributed by atoms with Gasteiger partial charge in [-0.2, -0.15) is 8.78 Å². The summed E-state index contributed by atoms with van der Waals surface area (Å²) in [6.07, 6.45) is 2.46. The minimum atomic E-state index is -2.84. The second kappa shape index (κ2) is 10.4. The lowest BCUT2D eigenvalue weighted by Crippen LogP contribution is -2.42. The summed E-state index contributed by atoms with van der Waals surface area (Å²) in [7, 11) is 1.70.